The molecule has 10 heavy (non-hydrogen) atoms. The Kier molecular flexibility index (Phi) is 3.41. The van der Waals surface area contributed by atoms with E-state index >= 15 is 0 Å². The number of hydrogen-bond acceptors (Lipinski definition) is 3. The summed E-state index contributed by atoms with van der Waals surface area (Å²) >= 11 is 1.64. The molecule has 0 spiro atoms. The molecule has 0 bridgehead atoms. The summed E-state index contributed by atoms with van der Waals surface area (Å²) in [5, 5.41) is 3.15. The molecule has 1 rings (SSSR count). The van der Waals surface area contributed by atoms with Gasteiger partial charge < -0.3 is 8.38 Å². The number of rotatable bonds is 1. The molecule has 3 nitrogen and oxygen atoms in total. The Hall–Kier alpha value is 0.160. The minimum absolute atomic E-state index is 0.0886. The highest BCUT2D eigenvalue weighted by atomic mass is 127. The van der Waals surface area contributed by atoms with Gasteiger partial charge in [-0.1, -0.05) is 0 Å². The zero-order valence-corrected chi connectivity index (χ0v) is 7.76. The van der Waals surface area contributed by atoms with Crippen molar-refractivity contribution < 1.29 is 7.86 Å². The number of halogens is 1. The third kappa shape index (κ3) is 2.09. The summed E-state index contributed by atoms with van der Waals surface area (Å²) in [7, 11) is 0. The van der Waals surface area contributed by atoms with Gasteiger partial charge >= 0.3 is 5.97 Å². The van der Waals surface area contributed by atoms with Gasteiger partial charge in [-0.15, -0.1) is 0 Å². The summed E-state index contributed by atoms with van der Waals surface area (Å²) in [4.78, 5) is 10.9. The van der Waals surface area contributed by atoms with E-state index in [1.54, 1.807) is 23.0 Å². The van der Waals surface area contributed by atoms with Crippen LogP contribution in [0.15, 0.2) is 0 Å². The molecule has 1 unspecified atom stereocenters. The fourth-order valence-electron chi connectivity index (χ4n) is 1.12. The van der Waals surface area contributed by atoms with E-state index in [2.05, 4.69) is 8.38 Å². The maximum Gasteiger partial charge on any atom is 0.319 e. The Morgan fingerprint density at radius 2 is 2.50 bits per heavy atom. The van der Waals surface area contributed by atoms with Gasteiger partial charge in [0.2, 0.25) is 0 Å². The van der Waals surface area contributed by atoms with E-state index in [1.165, 1.54) is 0 Å². The van der Waals surface area contributed by atoms with Crippen molar-refractivity contribution in [3.05, 3.63) is 0 Å². The van der Waals surface area contributed by atoms with E-state index in [4.69, 9.17) is 0 Å². The Balaban J connectivity index is 2.31. The molecular weight excluding hydrogens is 245 g/mol. The molecule has 1 fully saturated rings. The maximum absolute atomic E-state index is 10.9. The molecule has 0 aromatic rings. The van der Waals surface area contributed by atoms with Crippen molar-refractivity contribution in [3.8, 4) is 0 Å². The molecule has 0 radical (unpaired) electrons. The smallest absolute Gasteiger partial charge is 0.319 e. The molecule has 0 amide bonds. The van der Waals surface area contributed by atoms with E-state index in [9.17, 15) is 4.79 Å². The second-order valence-electron chi connectivity index (χ2n) is 2.44. The standard InChI is InChI=1S/C6H10INO2/c7-10-6(9)5-2-1-3-8-4-5/h5,8H,1-4H2. The summed E-state index contributed by atoms with van der Waals surface area (Å²) in [6.45, 7) is 1.81. The number of carbonyl (C=O) groups is 1. The van der Waals surface area contributed by atoms with Crippen LogP contribution in [0.25, 0.3) is 0 Å². The first-order valence-corrected chi connectivity index (χ1v) is 4.26. The van der Waals surface area contributed by atoms with Crippen LogP contribution in [0, 0.1) is 5.92 Å². The van der Waals surface area contributed by atoms with Gasteiger partial charge in [0, 0.05) is 6.54 Å². The summed E-state index contributed by atoms with van der Waals surface area (Å²) in [5.74, 6) is -0.00144. The fourth-order valence-corrected chi connectivity index (χ4v) is 1.48. The quantitative estimate of drug-likeness (QED) is 0.707. The van der Waals surface area contributed by atoms with Crippen LogP contribution in [-0.4, -0.2) is 19.1 Å². The maximum atomic E-state index is 10.9. The summed E-state index contributed by atoms with van der Waals surface area (Å²) in [6.07, 6.45) is 2.05. The highest BCUT2D eigenvalue weighted by Crippen LogP contribution is 2.12. The number of nitrogens with one attached hydrogen (secondary N) is 1. The molecule has 1 heterocycles. The molecule has 1 saturated heterocycles. The highest BCUT2D eigenvalue weighted by Gasteiger charge is 2.21. The molecule has 0 aromatic heterocycles. The average molecular weight is 255 g/mol. The Morgan fingerprint density at radius 1 is 1.70 bits per heavy atom. The topological polar surface area (TPSA) is 38.3 Å². The summed E-state index contributed by atoms with van der Waals surface area (Å²) in [5.41, 5.74) is 0. The van der Waals surface area contributed by atoms with Crippen LogP contribution in [0.1, 0.15) is 12.8 Å². The van der Waals surface area contributed by atoms with Gasteiger partial charge in [-0.2, -0.15) is 0 Å². The fraction of sp³-hybridized carbons (Fsp3) is 0.833. The van der Waals surface area contributed by atoms with Crippen LogP contribution in [0.5, 0.6) is 0 Å². The van der Waals surface area contributed by atoms with Crippen LogP contribution in [0.3, 0.4) is 0 Å². The van der Waals surface area contributed by atoms with Gasteiger partial charge in [0.25, 0.3) is 0 Å². The van der Waals surface area contributed by atoms with Crippen LogP contribution < -0.4 is 5.32 Å². The normalized spacial score (nSPS) is 25.9. The molecule has 1 aliphatic heterocycles. The van der Waals surface area contributed by atoms with E-state index in [1.807, 2.05) is 0 Å². The first kappa shape index (κ1) is 8.26. The molecule has 4 heteroatoms. The zero-order chi connectivity index (χ0) is 7.40. The van der Waals surface area contributed by atoms with Crippen molar-refractivity contribution in [1.29, 1.82) is 0 Å². The lowest BCUT2D eigenvalue weighted by atomic mass is 10.0. The van der Waals surface area contributed by atoms with Crippen molar-refractivity contribution in [2.24, 2.45) is 5.92 Å². The Bertz CT molecular complexity index is 123. The van der Waals surface area contributed by atoms with Crippen molar-refractivity contribution in [2.45, 2.75) is 12.8 Å². The molecule has 0 saturated carbocycles. The Morgan fingerprint density at radius 3 is 3.00 bits per heavy atom. The lowest BCUT2D eigenvalue weighted by Gasteiger charge is -2.19. The van der Waals surface area contributed by atoms with E-state index in [0.717, 1.165) is 25.9 Å². The summed E-state index contributed by atoms with van der Waals surface area (Å²) < 4.78 is 4.58. The molecule has 1 aliphatic rings. The molecular formula is C6H10INO2. The molecule has 58 valence electrons. The van der Waals surface area contributed by atoms with Crippen LogP contribution in [0.4, 0.5) is 0 Å². The average Bonchev–Trinajstić information content (AvgIpc) is 2.05. The first-order valence-electron chi connectivity index (χ1n) is 3.37. The lowest BCUT2D eigenvalue weighted by molar-refractivity contribution is -0.136. The molecule has 1 N–H and O–H groups in total. The second-order valence-corrected chi connectivity index (χ2v) is 2.88. The second kappa shape index (κ2) is 4.12. The third-order valence-corrected chi connectivity index (χ3v) is 2.14. The minimum atomic E-state index is -0.0900. The van der Waals surface area contributed by atoms with Gasteiger partial charge in [0.15, 0.2) is 23.0 Å². The highest BCUT2D eigenvalue weighted by molar-refractivity contribution is 14.1. The summed E-state index contributed by atoms with van der Waals surface area (Å²) in [6, 6.07) is 0. The van der Waals surface area contributed by atoms with Crippen molar-refractivity contribution in [2.75, 3.05) is 13.1 Å². The van der Waals surface area contributed by atoms with Gasteiger partial charge in [-0.05, 0) is 19.4 Å². The predicted octanol–water partition coefficient (Wildman–Crippen LogP) is 0.879. The number of piperidine rings is 1. The number of carbonyl (C=O) groups excluding carboxylic acids is 1. The van der Waals surface area contributed by atoms with E-state index in [-0.39, 0.29) is 11.9 Å². The van der Waals surface area contributed by atoms with Gasteiger partial charge in [-0.25, -0.2) is 0 Å². The van der Waals surface area contributed by atoms with Crippen molar-refractivity contribution >= 4 is 29.0 Å². The lowest BCUT2D eigenvalue weighted by Crippen LogP contribution is -2.34. The minimum Gasteiger partial charge on any atom is -0.394 e. The molecule has 1 atom stereocenters. The monoisotopic (exact) mass is 255 g/mol. The van der Waals surface area contributed by atoms with E-state index < -0.39 is 0 Å². The van der Waals surface area contributed by atoms with Gasteiger partial charge in [0.1, 0.15) is 0 Å². The van der Waals surface area contributed by atoms with Crippen molar-refractivity contribution in [1.82, 2.24) is 5.32 Å². The first-order chi connectivity index (χ1) is 4.84. The number of hydrogen-bond donors (Lipinski definition) is 1. The van der Waals surface area contributed by atoms with Gasteiger partial charge in [-0.3, -0.25) is 4.79 Å². The van der Waals surface area contributed by atoms with Gasteiger partial charge in [0.05, 0.1) is 5.92 Å². The molecule has 0 aliphatic carbocycles. The van der Waals surface area contributed by atoms with E-state index in [0.29, 0.717) is 0 Å². The van der Waals surface area contributed by atoms with Crippen LogP contribution in [-0.2, 0) is 7.86 Å². The largest absolute Gasteiger partial charge is 0.394 e. The van der Waals surface area contributed by atoms with Crippen molar-refractivity contribution in [3.63, 3.8) is 0 Å². The van der Waals surface area contributed by atoms with Crippen LogP contribution in [0.2, 0.25) is 0 Å². The SMILES string of the molecule is O=C(OI)C1CCCNC1. The Labute approximate surface area is 74.2 Å². The molecule has 0 aromatic carbocycles. The van der Waals surface area contributed by atoms with Crippen LogP contribution >= 0.6 is 23.0 Å². The third-order valence-electron chi connectivity index (χ3n) is 1.71. The predicted molar refractivity (Wildman–Crippen MR) is 45.7 cm³/mol. The zero-order valence-electron chi connectivity index (χ0n) is 5.60.